The third kappa shape index (κ3) is 2.93. The van der Waals surface area contributed by atoms with Crippen LogP contribution in [0, 0.1) is 6.92 Å². The molecule has 0 aliphatic heterocycles. The Balaban J connectivity index is 1.93. The van der Waals surface area contributed by atoms with Crippen molar-refractivity contribution in [3.05, 3.63) is 69.8 Å². The van der Waals surface area contributed by atoms with Crippen LogP contribution in [0.25, 0.3) is 17.0 Å². The van der Waals surface area contributed by atoms with Gasteiger partial charge in [-0.3, -0.25) is 9.48 Å². The molecule has 0 N–H and O–H groups in total. The predicted octanol–water partition coefficient (Wildman–Crippen LogP) is 3.77. The zero-order chi connectivity index (χ0) is 17.3. The molecule has 0 aliphatic rings. The molecule has 2 heterocycles. The summed E-state index contributed by atoms with van der Waals surface area (Å²) in [6.07, 6.45) is 4.77. The van der Waals surface area contributed by atoms with Gasteiger partial charge < -0.3 is 4.42 Å². The summed E-state index contributed by atoms with van der Waals surface area (Å²) in [5, 5.41) is 5.02. The minimum Gasteiger partial charge on any atom is -0.422 e. The highest BCUT2D eigenvalue weighted by Crippen LogP contribution is 2.16. The molecule has 0 saturated heterocycles. The van der Waals surface area contributed by atoms with Gasteiger partial charge in [0.15, 0.2) is 5.78 Å². The van der Waals surface area contributed by atoms with E-state index in [1.807, 2.05) is 31.5 Å². The lowest BCUT2D eigenvalue weighted by Gasteiger charge is -2.07. The summed E-state index contributed by atoms with van der Waals surface area (Å²) in [6.45, 7) is 6.03. The van der Waals surface area contributed by atoms with Crippen LogP contribution in [0.1, 0.15) is 41.5 Å². The molecule has 0 spiro atoms. The molecule has 0 radical (unpaired) electrons. The SMILES string of the molecule is Cc1c(/C=C/C(=O)c2cc3ccccc3oc2=O)cnn1C(C)C. The first kappa shape index (κ1) is 15.9. The molecule has 3 rings (SSSR count). The summed E-state index contributed by atoms with van der Waals surface area (Å²) in [6, 6.07) is 8.92. The van der Waals surface area contributed by atoms with Crippen LogP contribution < -0.4 is 5.63 Å². The highest BCUT2D eigenvalue weighted by Gasteiger charge is 2.12. The molecule has 0 unspecified atom stereocenters. The molecule has 24 heavy (non-hydrogen) atoms. The average molecular weight is 322 g/mol. The van der Waals surface area contributed by atoms with Gasteiger partial charge in [-0.1, -0.05) is 18.2 Å². The number of allylic oxidation sites excluding steroid dienone is 1. The Hall–Kier alpha value is -2.95. The maximum Gasteiger partial charge on any atom is 0.347 e. The van der Waals surface area contributed by atoms with E-state index in [0.29, 0.717) is 5.58 Å². The lowest BCUT2D eigenvalue weighted by atomic mass is 10.1. The first-order valence-corrected chi connectivity index (χ1v) is 7.77. The van der Waals surface area contributed by atoms with E-state index < -0.39 is 5.63 Å². The van der Waals surface area contributed by atoms with E-state index in [9.17, 15) is 9.59 Å². The van der Waals surface area contributed by atoms with Crippen molar-refractivity contribution in [2.75, 3.05) is 0 Å². The number of benzene rings is 1. The minimum absolute atomic E-state index is 0.0267. The summed E-state index contributed by atoms with van der Waals surface area (Å²) >= 11 is 0. The fourth-order valence-electron chi connectivity index (χ4n) is 2.61. The maximum atomic E-state index is 12.4. The van der Waals surface area contributed by atoms with Crippen LogP contribution in [-0.4, -0.2) is 15.6 Å². The zero-order valence-electron chi connectivity index (χ0n) is 13.8. The number of hydrogen-bond acceptors (Lipinski definition) is 4. The molecule has 5 nitrogen and oxygen atoms in total. The van der Waals surface area contributed by atoms with E-state index in [4.69, 9.17) is 4.42 Å². The maximum absolute atomic E-state index is 12.4. The minimum atomic E-state index is -0.627. The standard InChI is InChI=1S/C19H18N2O3/c1-12(2)21-13(3)15(11-20-21)8-9-17(22)16-10-14-6-4-5-7-18(14)24-19(16)23/h4-12H,1-3H3/b9-8+. The number of para-hydroxylation sites is 1. The lowest BCUT2D eigenvalue weighted by Crippen LogP contribution is -2.11. The molecule has 0 fully saturated rings. The summed E-state index contributed by atoms with van der Waals surface area (Å²) in [7, 11) is 0. The van der Waals surface area contributed by atoms with E-state index in [1.54, 1.807) is 36.5 Å². The average Bonchev–Trinajstić information content (AvgIpc) is 2.93. The second-order valence-electron chi connectivity index (χ2n) is 5.91. The zero-order valence-corrected chi connectivity index (χ0v) is 13.8. The lowest BCUT2D eigenvalue weighted by molar-refractivity contribution is 0.104. The molecular formula is C19H18N2O3. The quantitative estimate of drug-likeness (QED) is 0.416. The predicted molar refractivity (Wildman–Crippen MR) is 93.2 cm³/mol. The second kappa shape index (κ2) is 6.28. The van der Waals surface area contributed by atoms with Crippen molar-refractivity contribution < 1.29 is 9.21 Å². The van der Waals surface area contributed by atoms with Gasteiger partial charge in [-0.05, 0) is 45.1 Å². The smallest absolute Gasteiger partial charge is 0.347 e. The van der Waals surface area contributed by atoms with Gasteiger partial charge in [-0.15, -0.1) is 0 Å². The van der Waals surface area contributed by atoms with E-state index in [-0.39, 0.29) is 17.4 Å². The fourth-order valence-corrected chi connectivity index (χ4v) is 2.61. The fraction of sp³-hybridized carbons (Fsp3) is 0.211. The van der Waals surface area contributed by atoms with Gasteiger partial charge in [-0.25, -0.2) is 4.79 Å². The Kier molecular flexibility index (Phi) is 4.16. The summed E-state index contributed by atoms with van der Waals surface area (Å²) in [5.74, 6) is -0.383. The first-order chi connectivity index (χ1) is 11.5. The van der Waals surface area contributed by atoms with Gasteiger partial charge in [0.05, 0.1) is 6.20 Å². The van der Waals surface area contributed by atoms with E-state index >= 15 is 0 Å². The normalized spacial score (nSPS) is 11.7. The highest BCUT2D eigenvalue weighted by atomic mass is 16.4. The van der Waals surface area contributed by atoms with Crippen LogP contribution >= 0.6 is 0 Å². The van der Waals surface area contributed by atoms with Crippen LogP contribution in [0.5, 0.6) is 0 Å². The molecule has 1 aromatic carbocycles. The number of nitrogens with zero attached hydrogens (tertiary/aromatic N) is 2. The van der Waals surface area contributed by atoms with Crippen LogP contribution in [0.15, 0.2) is 51.8 Å². The second-order valence-corrected chi connectivity index (χ2v) is 5.91. The summed E-state index contributed by atoms with van der Waals surface area (Å²) in [5.41, 5.74) is 1.69. The molecular weight excluding hydrogens is 304 g/mol. The Bertz CT molecular complexity index is 993. The number of carbonyl (C=O) groups is 1. The number of fused-ring (bicyclic) bond motifs is 1. The molecule has 0 aliphatic carbocycles. The van der Waals surface area contributed by atoms with Crippen molar-refractivity contribution >= 4 is 22.8 Å². The van der Waals surface area contributed by atoms with Gasteiger partial charge in [0.25, 0.3) is 0 Å². The van der Waals surface area contributed by atoms with E-state index in [2.05, 4.69) is 5.10 Å². The molecule has 0 atom stereocenters. The molecule has 0 bridgehead atoms. The van der Waals surface area contributed by atoms with Gasteiger partial charge in [-0.2, -0.15) is 5.10 Å². The highest BCUT2D eigenvalue weighted by molar-refractivity contribution is 6.07. The Morgan fingerprint density at radius 3 is 2.75 bits per heavy atom. The molecule has 3 aromatic rings. The Morgan fingerprint density at radius 2 is 2.04 bits per heavy atom. The number of rotatable bonds is 4. The van der Waals surface area contributed by atoms with Gasteiger partial charge in [0, 0.05) is 22.7 Å². The van der Waals surface area contributed by atoms with Crippen molar-refractivity contribution in [1.82, 2.24) is 9.78 Å². The van der Waals surface area contributed by atoms with Crippen LogP contribution in [-0.2, 0) is 0 Å². The monoisotopic (exact) mass is 322 g/mol. The molecule has 0 saturated carbocycles. The van der Waals surface area contributed by atoms with Crippen LogP contribution in [0.3, 0.4) is 0 Å². The van der Waals surface area contributed by atoms with Gasteiger partial charge >= 0.3 is 5.63 Å². The number of ketones is 1. The van der Waals surface area contributed by atoms with Crippen LogP contribution in [0.4, 0.5) is 0 Å². The number of carbonyl (C=O) groups excluding carboxylic acids is 1. The first-order valence-electron chi connectivity index (χ1n) is 7.77. The molecule has 0 amide bonds. The van der Waals surface area contributed by atoms with E-state index in [0.717, 1.165) is 16.6 Å². The molecule has 2 aromatic heterocycles. The van der Waals surface area contributed by atoms with Crippen molar-refractivity contribution in [3.8, 4) is 0 Å². The van der Waals surface area contributed by atoms with Crippen LogP contribution in [0.2, 0.25) is 0 Å². The summed E-state index contributed by atoms with van der Waals surface area (Å²) < 4.78 is 7.08. The van der Waals surface area contributed by atoms with Gasteiger partial charge in [0.1, 0.15) is 11.1 Å². The summed E-state index contributed by atoms with van der Waals surface area (Å²) in [4.78, 5) is 24.4. The third-order valence-electron chi connectivity index (χ3n) is 3.89. The topological polar surface area (TPSA) is 65.1 Å². The number of aromatic nitrogens is 2. The van der Waals surface area contributed by atoms with Crippen molar-refractivity contribution in [2.45, 2.75) is 26.8 Å². The third-order valence-corrected chi connectivity index (χ3v) is 3.89. The van der Waals surface area contributed by atoms with Crippen molar-refractivity contribution in [2.24, 2.45) is 0 Å². The Labute approximate surface area is 139 Å². The van der Waals surface area contributed by atoms with E-state index in [1.165, 1.54) is 6.08 Å². The van der Waals surface area contributed by atoms with Crippen molar-refractivity contribution in [1.29, 1.82) is 0 Å². The molecule has 122 valence electrons. The number of hydrogen-bond donors (Lipinski definition) is 0. The largest absolute Gasteiger partial charge is 0.422 e. The molecule has 5 heteroatoms. The van der Waals surface area contributed by atoms with Crippen molar-refractivity contribution in [3.63, 3.8) is 0 Å². The Morgan fingerprint density at radius 1 is 1.29 bits per heavy atom. The van der Waals surface area contributed by atoms with Gasteiger partial charge in [0.2, 0.25) is 0 Å².